The summed E-state index contributed by atoms with van der Waals surface area (Å²) in [5, 5.41) is 0.978. The molecule has 1 atom stereocenters. The molecule has 1 aromatic heterocycles. The molecule has 0 bridgehead atoms. The molecule has 1 aromatic carbocycles. The number of likely N-dealkylation sites (N-methyl/N-ethyl adjacent to an activating group) is 1. The summed E-state index contributed by atoms with van der Waals surface area (Å²) in [5.74, 6) is 0.650. The number of fused-ring (bicyclic) bond motifs is 1. The first kappa shape index (κ1) is 12.2. The molecule has 3 N–H and O–H groups in total. The van der Waals surface area contributed by atoms with Crippen LogP contribution < -0.4 is 5.73 Å². The number of nitrogens with one attached hydrogen (secondary N) is 1. The average molecular weight is 257 g/mol. The lowest BCUT2D eigenvalue weighted by molar-refractivity contribution is 0.0720. The number of aromatic nitrogens is 1. The zero-order valence-corrected chi connectivity index (χ0v) is 11.1. The van der Waals surface area contributed by atoms with Gasteiger partial charge in [0, 0.05) is 42.3 Å². The van der Waals surface area contributed by atoms with Crippen molar-refractivity contribution in [3.8, 4) is 0 Å². The van der Waals surface area contributed by atoms with E-state index in [1.165, 1.54) is 12.8 Å². The highest BCUT2D eigenvalue weighted by molar-refractivity contribution is 6.06. The van der Waals surface area contributed by atoms with Crippen LogP contribution in [0.2, 0.25) is 0 Å². The highest BCUT2D eigenvalue weighted by Gasteiger charge is 2.35. The molecule has 19 heavy (non-hydrogen) atoms. The molecule has 0 radical (unpaired) electrons. The van der Waals surface area contributed by atoms with Gasteiger partial charge in [-0.05, 0) is 37.0 Å². The summed E-state index contributed by atoms with van der Waals surface area (Å²) in [4.78, 5) is 17.6. The van der Waals surface area contributed by atoms with E-state index in [1.54, 1.807) is 0 Å². The first-order valence-corrected chi connectivity index (χ1v) is 6.75. The third-order valence-electron chi connectivity index (χ3n) is 4.05. The molecule has 4 heteroatoms. The van der Waals surface area contributed by atoms with Gasteiger partial charge in [0.15, 0.2) is 0 Å². The maximum absolute atomic E-state index is 12.6. The third kappa shape index (κ3) is 2.12. The minimum Gasteiger partial charge on any atom is -0.361 e. The number of rotatable bonds is 4. The van der Waals surface area contributed by atoms with Gasteiger partial charge in [0.05, 0.1) is 0 Å². The maximum Gasteiger partial charge on any atom is 0.254 e. The first-order valence-electron chi connectivity index (χ1n) is 6.75. The number of hydrogen-bond acceptors (Lipinski definition) is 2. The molecule has 4 nitrogen and oxygen atoms in total. The maximum atomic E-state index is 12.6. The van der Waals surface area contributed by atoms with Crippen LogP contribution in [-0.2, 0) is 0 Å². The SMILES string of the molecule is CN(C(=O)c1cccc2[nH]ccc12)C(CN)C1CC1. The number of nitrogens with two attached hydrogens (primary N) is 1. The minimum absolute atomic E-state index is 0.0625. The quantitative estimate of drug-likeness (QED) is 0.879. The van der Waals surface area contributed by atoms with Gasteiger partial charge in [-0.1, -0.05) is 6.07 Å². The van der Waals surface area contributed by atoms with Gasteiger partial charge in [-0.2, -0.15) is 0 Å². The van der Waals surface area contributed by atoms with Crippen molar-refractivity contribution in [1.29, 1.82) is 0 Å². The van der Waals surface area contributed by atoms with Gasteiger partial charge in [-0.25, -0.2) is 0 Å². The number of benzene rings is 1. The van der Waals surface area contributed by atoms with E-state index in [-0.39, 0.29) is 11.9 Å². The number of amides is 1. The van der Waals surface area contributed by atoms with Crippen molar-refractivity contribution in [3.05, 3.63) is 36.0 Å². The number of carbonyl (C=O) groups excluding carboxylic acids is 1. The molecule has 0 aliphatic heterocycles. The molecule has 1 fully saturated rings. The minimum atomic E-state index is 0.0625. The Morgan fingerprint density at radius 3 is 2.95 bits per heavy atom. The van der Waals surface area contributed by atoms with Gasteiger partial charge in [0.2, 0.25) is 0 Å². The Kier molecular flexibility index (Phi) is 3.03. The predicted octanol–water partition coefficient (Wildman–Crippen LogP) is 1.98. The molecular formula is C15H19N3O. The fourth-order valence-electron chi connectivity index (χ4n) is 2.76. The zero-order valence-electron chi connectivity index (χ0n) is 11.1. The molecule has 100 valence electrons. The van der Waals surface area contributed by atoms with Crippen LogP contribution in [0, 0.1) is 5.92 Å². The summed E-state index contributed by atoms with van der Waals surface area (Å²) in [5.41, 5.74) is 7.57. The van der Waals surface area contributed by atoms with Crippen molar-refractivity contribution >= 4 is 16.8 Å². The molecule has 1 unspecified atom stereocenters. The highest BCUT2D eigenvalue weighted by Crippen LogP contribution is 2.35. The Balaban J connectivity index is 1.92. The van der Waals surface area contributed by atoms with E-state index in [4.69, 9.17) is 5.73 Å². The number of aromatic amines is 1. The van der Waals surface area contributed by atoms with Gasteiger partial charge in [0.25, 0.3) is 5.91 Å². The van der Waals surface area contributed by atoms with Crippen LogP contribution in [0.25, 0.3) is 10.9 Å². The van der Waals surface area contributed by atoms with Gasteiger partial charge in [0.1, 0.15) is 0 Å². The summed E-state index contributed by atoms with van der Waals surface area (Å²) in [6.45, 7) is 0.538. The summed E-state index contributed by atoms with van der Waals surface area (Å²) in [7, 11) is 1.86. The Hall–Kier alpha value is -1.81. The summed E-state index contributed by atoms with van der Waals surface area (Å²) in [6.07, 6.45) is 4.24. The van der Waals surface area contributed by atoms with E-state index >= 15 is 0 Å². The molecule has 1 aliphatic carbocycles. The second kappa shape index (κ2) is 4.70. The smallest absolute Gasteiger partial charge is 0.254 e. The molecule has 1 aliphatic rings. The molecule has 1 amide bonds. The Morgan fingerprint density at radius 2 is 2.26 bits per heavy atom. The van der Waals surface area contributed by atoms with Gasteiger partial charge < -0.3 is 15.6 Å². The van der Waals surface area contributed by atoms with Crippen LogP contribution in [-0.4, -0.2) is 35.4 Å². The largest absolute Gasteiger partial charge is 0.361 e. The molecule has 1 saturated carbocycles. The van der Waals surface area contributed by atoms with Gasteiger partial charge in [-0.3, -0.25) is 4.79 Å². The van der Waals surface area contributed by atoms with Crippen molar-refractivity contribution in [2.75, 3.05) is 13.6 Å². The van der Waals surface area contributed by atoms with Crippen molar-refractivity contribution < 1.29 is 4.79 Å². The number of carbonyl (C=O) groups is 1. The van der Waals surface area contributed by atoms with Crippen LogP contribution in [0.1, 0.15) is 23.2 Å². The number of hydrogen-bond donors (Lipinski definition) is 2. The predicted molar refractivity (Wildman–Crippen MR) is 76.0 cm³/mol. The van der Waals surface area contributed by atoms with Crippen LogP contribution in [0.5, 0.6) is 0 Å². The van der Waals surface area contributed by atoms with E-state index in [0.29, 0.717) is 12.5 Å². The van der Waals surface area contributed by atoms with E-state index in [1.807, 2.05) is 42.4 Å². The van der Waals surface area contributed by atoms with Crippen LogP contribution >= 0.6 is 0 Å². The van der Waals surface area contributed by atoms with Crippen LogP contribution in [0.4, 0.5) is 0 Å². The summed E-state index contributed by atoms with van der Waals surface area (Å²) >= 11 is 0. The summed E-state index contributed by atoms with van der Waals surface area (Å²) < 4.78 is 0. The van der Waals surface area contributed by atoms with Crippen molar-refractivity contribution in [2.24, 2.45) is 11.7 Å². The molecular weight excluding hydrogens is 238 g/mol. The third-order valence-corrected chi connectivity index (χ3v) is 4.05. The normalized spacial score (nSPS) is 16.5. The Morgan fingerprint density at radius 1 is 1.47 bits per heavy atom. The lowest BCUT2D eigenvalue weighted by Gasteiger charge is -2.27. The molecule has 1 heterocycles. The van der Waals surface area contributed by atoms with Crippen molar-refractivity contribution in [1.82, 2.24) is 9.88 Å². The molecule has 0 spiro atoms. The van der Waals surface area contributed by atoms with Gasteiger partial charge in [-0.15, -0.1) is 0 Å². The van der Waals surface area contributed by atoms with Gasteiger partial charge >= 0.3 is 0 Å². The van der Waals surface area contributed by atoms with Crippen molar-refractivity contribution in [2.45, 2.75) is 18.9 Å². The Labute approximate surface area is 112 Å². The number of nitrogens with zero attached hydrogens (tertiary/aromatic N) is 1. The number of H-pyrrole nitrogens is 1. The average Bonchev–Trinajstić information content (AvgIpc) is 3.14. The second-order valence-corrected chi connectivity index (χ2v) is 5.30. The highest BCUT2D eigenvalue weighted by atomic mass is 16.2. The second-order valence-electron chi connectivity index (χ2n) is 5.30. The fourth-order valence-corrected chi connectivity index (χ4v) is 2.76. The fraction of sp³-hybridized carbons (Fsp3) is 0.400. The van der Waals surface area contributed by atoms with E-state index in [2.05, 4.69) is 4.98 Å². The van der Waals surface area contributed by atoms with Crippen LogP contribution in [0.3, 0.4) is 0 Å². The van der Waals surface area contributed by atoms with E-state index < -0.39 is 0 Å². The van der Waals surface area contributed by atoms with Crippen LogP contribution in [0.15, 0.2) is 30.5 Å². The van der Waals surface area contributed by atoms with E-state index in [9.17, 15) is 4.79 Å². The van der Waals surface area contributed by atoms with E-state index in [0.717, 1.165) is 16.5 Å². The first-order chi connectivity index (χ1) is 9.22. The monoisotopic (exact) mass is 257 g/mol. The topological polar surface area (TPSA) is 62.1 Å². The lowest BCUT2D eigenvalue weighted by Crippen LogP contribution is -2.43. The molecule has 0 saturated heterocycles. The molecule has 3 rings (SSSR count). The molecule has 2 aromatic rings. The summed E-state index contributed by atoms with van der Waals surface area (Å²) in [6, 6.07) is 7.89. The van der Waals surface area contributed by atoms with Crippen molar-refractivity contribution in [3.63, 3.8) is 0 Å². The lowest BCUT2D eigenvalue weighted by atomic mass is 10.1. The Bertz CT molecular complexity index is 600. The standard InChI is InChI=1S/C15H19N3O/c1-18(14(9-16)10-5-6-10)15(19)12-3-2-4-13-11(12)7-8-17-13/h2-4,7-8,10,14,17H,5-6,9,16H2,1H3. The zero-order chi connectivity index (χ0) is 13.4.